The van der Waals surface area contributed by atoms with Gasteiger partial charge >= 0.3 is 6.18 Å². The zero-order chi connectivity index (χ0) is 12.5. The van der Waals surface area contributed by atoms with E-state index >= 15 is 0 Å². The summed E-state index contributed by atoms with van der Waals surface area (Å²) in [5.41, 5.74) is -3.83. The molecule has 0 amide bonds. The first kappa shape index (κ1) is 12.8. The number of aromatic nitrogens is 1. The quantitative estimate of drug-likeness (QED) is 0.601. The summed E-state index contributed by atoms with van der Waals surface area (Å²) in [6.07, 6.45) is -8.47. The number of halogens is 6. The number of carbonyl (C=O) groups is 1. The van der Waals surface area contributed by atoms with Gasteiger partial charge in [-0.05, 0) is 6.07 Å². The van der Waals surface area contributed by atoms with Crippen molar-refractivity contribution in [2.24, 2.45) is 0 Å². The number of pyridine rings is 1. The van der Waals surface area contributed by atoms with Crippen LogP contribution >= 0.6 is 11.6 Å². The number of hydrogen-bond acceptors (Lipinski definition) is 2. The molecule has 0 aromatic carbocycles. The summed E-state index contributed by atoms with van der Waals surface area (Å²) in [5, 5.41) is -0.972. The molecule has 0 atom stereocenters. The van der Waals surface area contributed by atoms with Crippen LogP contribution in [-0.4, -0.2) is 11.3 Å². The predicted molar refractivity (Wildman–Crippen MR) is 44.6 cm³/mol. The van der Waals surface area contributed by atoms with Crippen LogP contribution in [0.5, 0.6) is 0 Å². The Morgan fingerprint density at radius 1 is 1.38 bits per heavy atom. The number of alkyl halides is 5. The molecule has 1 heterocycles. The van der Waals surface area contributed by atoms with E-state index in [-0.39, 0.29) is 6.29 Å². The zero-order valence-corrected chi connectivity index (χ0v) is 8.11. The van der Waals surface area contributed by atoms with E-state index in [1.54, 1.807) is 0 Å². The highest BCUT2D eigenvalue weighted by Gasteiger charge is 2.39. The second-order valence-electron chi connectivity index (χ2n) is 2.71. The van der Waals surface area contributed by atoms with E-state index in [0.29, 0.717) is 6.07 Å². The van der Waals surface area contributed by atoms with Gasteiger partial charge in [0.15, 0.2) is 6.29 Å². The van der Waals surface area contributed by atoms with E-state index in [4.69, 9.17) is 11.6 Å². The average molecular weight is 260 g/mol. The van der Waals surface area contributed by atoms with Crippen molar-refractivity contribution in [1.82, 2.24) is 4.98 Å². The predicted octanol–water partition coefficient (Wildman–Crippen LogP) is 3.50. The topological polar surface area (TPSA) is 30.0 Å². The summed E-state index contributed by atoms with van der Waals surface area (Å²) in [6.45, 7) is 0. The third kappa shape index (κ3) is 2.46. The smallest absolute Gasteiger partial charge is 0.296 e. The largest absolute Gasteiger partial charge is 0.419 e. The molecule has 2 nitrogen and oxygen atoms in total. The van der Waals surface area contributed by atoms with Crippen LogP contribution in [0.3, 0.4) is 0 Å². The maximum atomic E-state index is 12.4. The molecule has 0 bridgehead atoms. The maximum Gasteiger partial charge on any atom is 0.419 e. The molecule has 0 fully saturated rings. The Kier molecular flexibility index (Phi) is 3.47. The van der Waals surface area contributed by atoms with Gasteiger partial charge in [-0.15, -0.1) is 0 Å². The molecule has 8 heteroatoms. The SMILES string of the molecule is O=Cc1cc(Cl)c(C(F)(F)F)c(C(F)F)n1. The minimum atomic E-state index is -5.04. The van der Waals surface area contributed by atoms with Crippen LogP contribution in [0.2, 0.25) is 5.02 Å². The van der Waals surface area contributed by atoms with Crippen molar-refractivity contribution < 1.29 is 26.7 Å². The first-order valence-electron chi connectivity index (χ1n) is 3.78. The molecule has 1 aromatic rings. The first-order chi connectivity index (χ1) is 7.27. The highest BCUT2D eigenvalue weighted by molar-refractivity contribution is 6.31. The van der Waals surface area contributed by atoms with E-state index < -0.39 is 34.6 Å². The number of rotatable bonds is 2. The van der Waals surface area contributed by atoms with E-state index in [0.717, 1.165) is 0 Å². The van der Waals surface area contributed by atoms with Crippen LogP contribution < -0.4 is 0 Å². The summed E-state index contributed by atoms with van der Waals surface area (Å²) < 4.78 is 61.7. The van der Waals surface area contributed by atoms with Gasteiger partial charge in [-0.25, -0.2) is 13.8 Å². The van der Waals surface area contributed by atoms with Crippen LogP contribution in [-0.2, 0) is 6.18 Å². The van der Waals surface area contributed by atoms with Gasteiger partial charge in [0, 0.05) is 0 Å². The van der Waals surface area contributed by atoms with Gasteiger partial charge in [0.1, 0.15) is 17.0 Å². The van der Waals surface area contributed by atoms with Crippen molar-refractivity contribution in [2.45, 2.75) is 12.6 Å². The molecule has 0 aliphatic carbocycles. The second-order valence-corrected chi connectivity index (χ2v) is 3.11. The molecule has 0 radical (unpaired) electrons. The lowest BCUT2D eigenvalue weighted by Crippen LogP contribution is -2.13. The van der Waals surface area contributed by atoms with Gasteiger partial charge in [0.25, 0.3) is 6.43 Å². The fraction of sp³-hybridized carbons (Fsp3) is 0.250. The Bertz CT molecular complexity index is 418. The monoisotopic (exact) mass is 259 g/mol. The lowest BCUT2D eigenvalue weighted by molar-refractivity contribution is -0.139. The van der Waals surface area contributed by atoms with Crippen molar-refractivity contribution in [2.75, 3.05) is 0 Å². The number of carbonyl (C=O) groups excluding carboxylic acids is 1. The molecule has 0 unspecified atom stereocenters. The second kappa shape index (κ2) is 4.32. The Balaban J connectivity index is 3.52. The zero-order valence-electron chi connectivity index (χ0n) is 7.36. The normalized spacial score (nSPS) is 11.9. The van der Waals surface area contributed by atoms with E-state index in [1.807, 2.05) is 0 Å². The minimum Gasteiger partial charge on any atom is -0.296 e. The summed E-state index contributed by atoms with van der Waals surface area (Å²) >= 11 is 5.19. The van der Waals surface area contributed by atoms with Crippen LogP contribution in [0.4, 0.5) is 22.0 Å². The molecule has 0 aliphatic heterocycles. The summed E-state index contributed by atoms with van der Waals surface area (Å²) in [6, 6.07) is 0.587. The van der Waals surface area contributed by atoms with Crippen molar-refractivity contribution in [3.63, 3.8) is 0 Å². The standard InChI is InChI=1S/C8H3ClF5NO/c9-4-1-3(2-16)15-6(7(10)11)5(4)8(12,13)14/h1-2,7H. The Hall–Kier alpha value is -1.24. The Labute approximate surface area is 91.0 Å². The molecule has 0 spiro atoms. The van der Waals surface area contributed by atoms with Crippen molar-refractivity contribution in [3.05, 3.63) is 28.0 Å². The highest BCUT2D eigenvalue weighted by Crippen LogP contribution is 2.39. The minimum absolute atomic E-state index is 0.0396. The van der Waals surface area contributed by atoms with E-state index in [2.05, 4.69) is 4.98 Å². The summed E-state index contributed by atoms with van der Waals surface area (Å²) in [4.78, 5) is 13.1. The molecule has 0 aliphatic rings. The van der Waals surface area contributed by atoms with Crippen LogP contribution in [0.15, 0.2) is 6.07 Å². The molecular formula is C8H3ClF5NO. The Morgan fingerprint density at radius 2 is 1.94 bits per heavy atom. The number of aldehydes is 1. The Morgan fingerprint density at radius 3 is 2.31 bits per heavy atom. The summed E-state index contributed by atoms with van der Waals surface area (Å²) in [5.74, 6) is 0. The fourth-order valence-electron chi connectivity index (χ4n) is 1.05. The van der Waals surface area contributed by atoms with E-state index in [1.165, 1.54) is 0 Å². The van der Waals surface area contributed by atoms with Gasteiger partial charge in [0.05, 0.1) is 5.02 Å². The van der Waals surface area contributed by atoms with Crippen LogP contribution in [0.25, 0.3) is 0 Å². The van der Waals surface area contributed by atoms with Gasteiger partial charge in [-0.3, -0.25) is 4.79 Å². The molecule has 16 heavy (non-hydrogen) atoms. The molecule has 88 valence electrons. The maximum absolute atomic E-state index is 12.4. The number of nitrogens with zero attached hydrogens (tertiary/aromatic N) is 1. The van der Waals surface area contributed by atoms with E-state index in [9.17, 15) is 26.7 Å². The van der Waals surface area contributed by atoms with Crippen LogP contribution in [0, 0.1) is 0 Å². The third-order valence-corrected chi connectivity index (χ3v) is 1.93. The lowest BCUT2D eigenvalue weighted by atomic mass is 10.1. The fourth-order valence-corrected chi connectivity index (χ4v) is 1.37. The molecule has 0 saturated carbocycles. The number of hydrogen-bond donors (Lipinski definition) is 0. The third-order valence-electron chi connectivity index (χ3n) is 1.63. The lowest BCUT2D eigenvalue weighted by Gasteiger charge is -2.13. The molecule has 0 saturated heterocycles. The average Bonchev–Trinajstić information content (AvgIpc) is 2.14. The highest BCUT2D eigenvalue weighted by atomic mass is 35.5. The van der Waals surface area contributed by atoms with Gasteiger partial charge in [-0.2, -0.15) is 13.2 Å². The van der Waals surface area contributed by atoms with Gasteiger partial charge < -0.3 is 0 Å². The van der Waals surface area contributed by atoms with Crippen molar-refractivity contribution >= 4 is 17.9 Å². The molecule has 1 rings (SSSR count). The summed E-state index contributed by atoms with van der Waals surface area (Å²) in [7, 11) is 0. The molecule has 1 aromatic heterocycles. The van der Waals surface area contributed by atoms with Crippen molar-refractivity contribution in [3.8, 4) is 0 Å². The van der Waals surface area contributed by atoms with Gasteiger partial charge in [0.2, 0.25) is 0 Å². The molecular weight excluding hydrogens is 257 g/mol. The van der Waals surface area contributed by atoms with Crippen LogP contribution in [0.1, 0.15) is 28.2 Å². The van der Waals surface area contributed by atoms with Crippen molar-refractivity contribution in [1.29, 1.82) is 0 Å². The first-order valence-corrected chi connectivity index (χ1v) is 4.16. The van der Waals surface area contributed by atoms with Gasteiger partial charge in [-0.1, -0.05) is 11.6 Å². The molecule has 0 N–H and O–H groups in total.